The van der Waals surface area contributed by atoms with Crippen LogP contribution in [0.3, 0.4) is 0 Å². The molecule has 0 unspecified atom stereocenters. The van der Waals surface area contributed by atoms with Crippen molar-refractivity contribution in [1.29, 1.82) is 0 Å². The van der Waals surface area contributed by atoms with E-state index in [-0.39, 0.29) is 5.91 Å². The minimum Gasteiger partial charge on any atom is -0.480 e. The SMILES string of the molecule is Cc1ccc2cc(C(=O)N3CCC[C@@H]3C(=O)O)[nH]c2c1. The number of carbonyl (C=O) groups is 2. The number of aryl methyl sites for hydroxylation is 1. The minimum atomic E-state index is -0.928. The van der Waals surface area contributed by atoms with Crippen molar-refractivity contribution in [2.24, 2.45) is 0 Å². The maximum atomic E-state index is 12.4. The molecule has 1 aromatic heterocycles. The number of likely N-dealkylation sites (tertiary alicyclic amines) is 1. The Balaban J connectivity index is 1.94. The number of hydrogen-bond donors (Lipinski definition) is 2. The molecule has 2 heterocycles. The summed E-state index contributed by atoms with van der Waals surface area (Å²) in [4.78, 5) is 28.1. The number of carboxylic acid groups (broad SMARTS) is 1. The summed E-state index contributed by atoms with van der Waals surface area (Å²) < 4.78 is 0. The molecule has 1 saturated heterocycles. The van der Waals surface area contributed by atoms with Crippen molar-refractivity contribution in [3.05, 3.63) is 35.5 Å². The van der Waals surface area contributed by atoms with E-state index in [0.717, 1.165) is 22.9 Å². The zero-order valence-corrected chi connectivity index (χ0v) is 11.2. The van der Waals surface area contributed by atoms with Gasteiger partial charge in [-0.3, -0.25) is 4.79 Å². The summed E-state index contributed by atoms with van der Waals surface area (Å²) in [6, 6.07) is 7.01. The van der Waals surface area contributed by atoms with Crippen molar-refractivity contribution in [2.45, 2.75) is 25.8 Å². The van der Waals surface area contributed by atoms with Gasteiger partial charge in [-0.2, -0.15) is 0 Å². The van der Waals surface area contributed by atoms with E-state index in [1.807, 2.05) is 25.1 Å². The summed E-state index contributed by atoms with van der Waals surface area (Å²) in [7, 11) is 0. The summed E-state index contributed by atoms with van der Waals surface area (Å²) in [5, 5.41) is 10.1. The lowest BCUT2D eigenvalue weighted by molar-refractivity contribution is -0.141. The van der Waals surface area contributed by atoms with Crippen LogP contribution in [-0.4, -0.2) is 39.5 Å². The Morgan fingerprint density at radius 1 is 1.35 bits per heavy atom. The summed E-state index contributed by atoms with van der Waals surface area (Å²) >= 11 is 0. The number of hydrogen-bond acceptors (Lipinski definition) is 2. The Morgan fingerprint density at radius 3 is 2.90 bits per heavy atom. The van der Waals surface area contributed by atoms with Gasteiger partial charge in [0.2, 0.25) is 0 Å². The van der Waals surface area contributed by atoms with Crippen molar-refractivity contribution in [3.8, 4) is 0 Å². The number of nitrogens with zero attached hydrogens (tertiary/aromatic N) is 1. The fraction of sp³-hybridized carbons (Fsp3) is 0.333. The third kappa shape index (κ3) is 2.05. The summed E-state index contributed by atoms with van der Waals surface area (Å²) in [5.74, 6) is -1.16. The van der Waals surface area contributed by atoms with Crippen molar-refractivity contribution in [2.75, 3.05) is 6.54 Å². The van der Waals surface area contributed by atoms with Gasteiger partial charge in [0.25, 0.3) is 5.91 Å². The largest absolute Gasteiger partial charge is 0.480 e. The molecule has 1 fully saturated rings. The number of aliphatic carboxylic acids is 1. The van der Waals surface area contributed by atoms with E-state index in [1.165, 1.54) is 4.90 Å². The highest BCUT2D eigenvalue weighted by Gasteiger charge is 2.34. The molecular weight excluding hydrogens is 256 g/mol. The maximum Gasteiger partial charge on any atom is 0.326 e. The third-order valence-corrected chi connectivity index (χ3v) is 3.81. The standard InChI is InChI=1S/C15H16N2O3/c1-9-4-5-10-8-12(16-11(10)7-9)14(18)17-6-2-3-13(17)15(19)20/h4-5,7-8,13,16H,2-3,6H2,1H3,(H,19,20)/t13-/m1/s1. The summed E-state index contributed by atoms with van der Waals surface area (Å²) in [6.45, 7) is 2.49. The lowest BCUT2D eigenvalue weighted by Crippen LogP contribution is -2.40. The van der Waals surface area contributed by atoms with Crippen LogP contribution in [0.25, 0.3) is 10.9 Å². The number of carbonyl (C=O) groups excluding carboxylic acids is 1. The van der Waals surface area contributed by atoms with Gasteiger partial charge in [0.15, 0.2) is 0 Å². The maximum absolute atomic E-state index is 12.4. The van der Waals surface area contributed by atoms with E-state index < -0.39 is 12.0 Å². The van der Waals surface area contributed by atoms with Gasteiger partial charge in [-0.1, -0.05) is 12.1 Å². The van der Waals surface area contributed by atoms with Gasteiger partial charge in [-0.15, -0.1) is 0 Å². The third-order valence-electron chi connectivity index (χ3n) is 3.81. The number of H-pyrrole nitrogens is 1. The molecule has 1 atom stereocenters. The second-order valence-corrected chi connectivity index (χ2v) is 5.27. The monoisotopic (exact) mass is 272 g/mol. The van der Waals surface area contributed by atoms with Gasteiger partial charge < -0.3 is 15.0 Å². The number of amides is 1. The van der Waals surface area contributed by atoms with E-state index in [1.54, 1.807) is 6.07 Å². The molecular formula is C15H16N2O3. The molecule has 5 nitrogen and oxygen atoms in total. The Bertz CT molecular complexity index is 689. The molecule has 1 aromatic carbocycles. The van der Waals surface area contributed by atoms with Gasteiger partial charge in [0.05, 0.1) is 0 Å². The number of carboxylic acids is 1. The molecule has 2 aromatic rings. The highest BCUT2D eigenvalue weighted by Crippen LogP contribution is 2.23. The van der Waals surface area contributed by atoms with Crippen molar-refractivity contribution >= 4 is 22.8 Å². The zero-order valence-electron chi connectivity index (χ0n) is 11.2. The molecule has 1 amide bonds. The van der Waals surface area contributed by atoms with Crippen molar-refractivity contribution < 1.29 is 14.7 Å². The molecule has 0 saturated carbocycles. The molecule has 5 heteroatoms. The second-order valence-electron chi connectivity index (χ2n) is 5.27. The number of fused-ring (bicyclic) bond motifs is 1. The van der Waals surface area contributed by atoms with E-state index in [9.17, 15) is 9.59 Å². The van der Waals surface area contributed by atoms with Crippen LogP contribution in [0.4, 0.5) is 0 Å². The predicted octanol–water partition coefficient (Wildman–Crippen LogP) is 2.17. The molecule has 1 aliphatic heterocycles. The lowest BCUT2D eigenvalue weighted by atomic mass is 10.2. The van der Waals surface area contributed by atoms with E-state index in [2.05, 4.69) is 4.98 Å². The van der Waals surface area contributed by atoms with Gasteiger partial charge >= 0.3 is 5.97 Å². The van der Waals surface area contributed by atoms with Crippen LogP contribution in [0.15, 0.2) is 24.3 Å². The van der Waals surface area contributed by atoms with Gasteiger partial charge in [0.1, 0.15) is 11.7 Å². The first-order valence-electron chi connectivity index (χ1n) is 6.69. The highest BCUT2D eigenvalue weighted by atomic mass is 16.4. The number of aromatic amines is 1. The smallest absolute Gasteiger partial charge is 0.326 e. The zero-order chi connectivity index (χ0) is 14.3. The van der Waals surface area contributed by atoms with Gasteiger partial charge in [-0.05, 0) is 37.5 Å². The predicted molar refractivity (Wildman–Crippen MR) is 74.7 cm³/mol. The summed E-state index contributed by atoms with van der Waals surface area (Å²) in [6.07, 6.45) is 1.27. The van der Waals surface area contributed by atoms with Crippen molar-refractivity contribution in [1.82, 2.24) is 9.88 Å². The fourth-order valence-electron chi connectivity index (χ4n) is 2.78. The average Bonchev–Trinajstić information content (AvgIpc) is 3.03. The van der Waals surface area contributed by atoms with Crippen molar-refractivity contribution in [3.63, 3.8) is 0 Å². The molecule has 0 spiro atoms. The normalized spacial score (nSPS) is 18.6. The number of rotatable bonds is 2. The fourth-order valence-corrected chi connectivity index (χ4v) is 2.78. The molecule has 0 bridgehead atoms. The van der Waals surface area contributed by atoms with E-state index >= 15 is 0 Å². The van der Waals surface area contributed by atoms with Crippen LogP contribution in [0, 0.1) is 6.92 Å². The number of aromatic nitrogens is 1. The first-order chi connectivity index (χ1) is 9.56. The average molecular weight is 272 g/mol. The van der Waals surface area contributed by atoms with E-state index in [4.69, 9.17) is 5.11 Å². The topological polar surface area (TPSA) is 73.4 Å². The Labute approximate surface area is 116 Å². The number of benzene rings is 1. The van der Waals surface area contributed by atoms with Crippen LogP contribution in [0.5, 0.6) is 0 Å². The first-order valence-corrected chi connectivity index (χ1v) is 6.69. The molecule has 2 N–H and O–H groups in total. The molecule has 0 aliphatic carbocycles. The molecule has 1 aliphatic rings. The molecule has 3 rings (SSSR count). The van der Waals surface area contributed by atoms with Crippen LogP contribution < -0.4 is 0 Å². The Kier molecular flexibility index (Phi) is 2.97. The van der Waals surface area contributed by atoms with Crippen LogP contribution in [0.2, 0.25) is 0 Å². The molecule has 0 radical (unpaired) electrons. The molecule has 104 valence electrons. The highest BCUT2D eigenvalue weighted by molar-refractivity contribution is 5.99. The summed E-state index contributed by atoms with van der Waals surface area (Å²) in [5.41, 5.74) is 2.47. The van der Waals surface area contributed by atoms with Crippen LogP contribution in [-0.2, 0) is 4.79 Å². The second kappa shape index (κ2) is 4.67. The van der Waals surface area contributed by atoms with Crippen LogP contribution >= 0.6 is 0 Å². The lowest BCUT2D eigenvalue weighted by Gasteiger charge is -2.20. The van der Waals surface area contributed by atoms with Crippen LogP contribution in [0.1, 0.15) is 28.9 Å². The quantitative estimate of drug-likeness (QED) is 0.880. The van der Waals surface area contributed by atoms with Gasteiger partial charge in [-0.25, -0.2) is 4.79 Å². The first kappa shape index (κ1) is 12.7. The molecule has 20 heavy (non-hydrogen) atoms. The Hall–Kier alpha value is -2.30. The van der Waals surface area contributed by atoms with E-state index in [0.29, 0.717) is 18.7 Å². The van der Waals surface area contributed by atoms with Gasteiger partial charge in [0, 0.05) is 17.4 Å². The Morgan fingerprint density at radius 2 is 2.15 bits per heavy atom. The number of nitrogens with one attached hydrogen (secondary N) is 1. The minimum absolute atomic E-state index is 0.233.